The van der Waals surface area contributed by atoms with Crippen LogP contribution >= 0.6 is 0 Å². The second kappa shape index (κ2) is 3.11. The van der Waals surface area contributed by atoms with E-state index in [9.17, 15) is 0 Å². The third kappa shape index (κ3) is 1.90. The van der Waals surface area contributed by atoms with Gasteiger partial charge in [-0.25, -0.2) is 0 Å². The maximum atomic E-state index is 8.87. The van der Waals surface area contributed by atoms with Crippen molar-refractivity contribution in [3.63, 3.8) is 0 Å². The van der Waals surface area contributed by atoms with E-state index in [0.717, 1.165) is 0 Å². The number of phenolic OH excluding ortho intramolecular Hbond substituents is 1. The second-order valence-electron chi connectivity index (χ2n) is 1.80. The van der Waals surface area contributed by atoms with Crippen LogP contribution in [-0.2, 0) is 0 Å². The molecular formula is C7H8OSn. The first-order valence-electron chi connectivity index (χ1n) is 2.79. The molecule has 0 spiro atoms. The molecule has 0 amide bonds. The molecule has 0 aromatic heterocycles. The number of hydrogen-bond donors (Lipinski definition) is 1. The Hall–Kier alpha value is -0.181. The van der Waals surface area contributed by atoms with Gasteiger partial charge in [0.25, 0.3) is 0 Å². The number of aromatic hydroxyl groups is 1. The van der Waals surface area contributed by atoms with Crippen molar-refractivity contribution in [2.24, 2.45) is 0 Å². The molecule has 0 heterocycles. The monoisotopic (exact) mass is 228 g/mol. The van der Waals surface area contributed by atoms with Crippen LogP contribution in [0, 0.1) is 0 Å². The van der Waals surface area contributed by atoms with Gasteiger partial charge < -0.3 is 0 Å². The minimum absolute atomic E-state index is 0.274. The Balaban J connectivity index is 2.88. The zero-order valence-electron chi connectivity index (χ0n) is 5.26. The third-order valence-electron chi connectivity index (χ3n) is 1.16. The Morgan fingerprint density at radius 3 is 2.22 bits per heavy atom. The fraction of sp³-hybridized carbons (Fsp3) is 0.143. The summed E-state index contributed by atoms with van der Waals surface area (Å²) in [5, 5.41) is 8.87. The second-order valence-corrected chi connectivity index (χ2v) is 4.87. The molecule has 0 atom stereocenters. The van der Waals surface area contributed by atoms with Crippen molar-refractivity contribution < 1.29 is 5.11 Å². The molecule has 0 bridgehead atoms. The first kappa shape index (κ1) is 6.93. The molecular weight excluding hydrogens is 219 g/mol. The molecule has 2 heteroatoms. The molecule has 1 nitrogen and oxygen atoms in total. The van der Waals surface area contributed by atoms with E-state index < -0.39 is 0 Å². The average Bonchev–Trinajstić information content (AvgIpc) is 1.90. The number of rotatable bonds is 1. The van der Waals surface area contributed by atoms with Crippen LogP contribution in [0.4, 0.5) is 0 Å². The van der Waals surface area contributed by atoms with Crippen LogP contribution < -0.4 is 3.58 Å². The molecule has 1 aromatic carbocycles. The SMILES string of the molecule is [CH3][Sn][c]1ccc(O)cc1. The van der Waals surface area contributed by atoms with Gasteiger partial charge in [0, 0.05) is 0 Å². The summed E-state index contributed by atoms with van der Waals surface area (Å²) < 4.78 is 1.43. The number of phenols is 1. The standard InChI is InChI=1S/C6H5O.CH3.Sn/c7-6-4-2-1-3-5-6;;/h2-5,7H;1H3;. The van der Waals surface area contributed by atoms with Crippen molar-refractivity contribution in [1.29, 1.82) is 0 Å². The van der Waals surface area contributed by atoms with Crippen molar-refractivity contribution >= 4 is 24.7 Å². The van der Waals surface area contributed by atoms with Crippen LogP contribution in [0.5, 0.6) is 5.75 Å². The van der Waals surface area contributed by atoms with Crippen molar-refractivity contribution in [3.8, 4) is 5.75 Å². The normalized spacial score (nSPS) is 9.44. The summed E-state index contributed by atoms with van der Waals surface area (Å²) in [7, 11) is 0. The van der Waals surface area contributed by atoms with E-state index in [1.807, 2.05) is 12.1 Å². The molecule has 9 heavy (non-hydrogen) atoms. The predicted molar refractivity (Wildman–Crippen MR) is 39.4 cm³/mol. The van der Waals surface area contributed by atoms with Crippen LogP contribution in [0.1, 0.15) is 0 Å². The van der Waals surface area contributed by atoms with Gasteiger partial charge in [-0.3, -0.25) is 0 Å². The molecule has 0 fully saturated rings. The van der Waals surface area contributed by atoms with Crippen LogP contribution in [0.2, 0.25) is 4.94 Å². The van der Waals surface area contributed by atoms with E-state index in [0.29, 0.717) is 5.75 Å². The Morgan fingerprint density at radius 1 is 1.22 bits per heavy atom. The first-order valence-corrected chi connectivity index (χ1v) is 7.08. The summed E-state index contributed by atoms with van der Waals surface area (Å²) in [6, 6.07) is 7.50. The molecule has 0 aliphatic rings. The van der Waals surface area contributed by atoms with Crippen molar-refractivity contribution in [1.82, 2.24) is 0 Å². The minimum atomic E-state index is -0.274. The molecule has 0 unspecified atom stereocenters. The van der Waals surface area contributed by atoms with Gasteiger partial charge in [0.2, 0.25) is 0 Å². The van der Waals surface area contributed by atoms with E-state index in [-0.39, 0.29) is 21.1 Å². The summed E-state index contributed by atoms with van der Waals surface area (Å²) in [5.74, 6) is 0.367. The van der Waals surface area contributed by atoms with Gasteiger partial charge in [0.1, 0.15) is 0 Å². The maximum absolute atomic E-state index is 8.87. The summed E-state index contributed by atoms with van der Waals surface area (Å²) in [6.45, 7) is 0. The Kier molecular flexibility index (Phi) is 2.39. The first-order chi connectivity index (χ1) is 4.33. The van der Waals surface area contributed by atoms with E-state index in [1.165, 1.54) is 3.58 Å². The summed E-state index contributed by atoms with van der Waals surface area (Å²) >= 11 is -0.274. The van der Waals surface area contributed by atoms with Crippen LogP contribution in [-0.4, -0.2) is 26.2 Å². The van der Waals surface area contributed by atoms with Gasteiger partial charge in [-0.2, -0.15) is 0 Å². The average molecular weight is 227 g/mol. The summed E-state index contributed by atoms with van der Waals surface area (Å²) in [6.07, 6.45) is 0. The van der Waals surface area contributed by atoms with Gasteiger partial charge in [-0.15, -0.1) is 0 Å². The number of benzene rings is 1. The topological polar surface area (TPSA) is 20.2 Å². The zero-order chi connectivity index (χ0) is 6.69. The zero-order valence-corrected chi connectivity index (χ0v) is 8.11. The van der Waals surface area contributed by atoms with E-state index in [4.69, 9.17) is 5.11 Å². The Morgan fingerprint density at radius 2 is 1.78 bits per heavy atom. The van der Waals surface area contributed by atoms with Crippen molar-refractivity contribution in [2.45, 2.75) is 4.94 Å². The summed E-state index contributed by atoms with van der Waals surface area (Å²) in [4.78, 5) is 2.26. The molecule has 0 aliphatic carbocycles. The van der Waals surface area contributed by atoms with Crippen LogP contribution in [0.3, 0.4) is 0 Å². The fourth-order valence-electron chi connectivity index (χ4n) is 0.628. The molecule has 1 aromatic rings. The van der Waals surface area contributed by atoms with E-state index in [2.05, 4.69) is 4.94 Å². The van der Waals surface area contributed by atoms with Gasteiger partial charge in [0.15, 0.2) is 0 Å². The van der Waals surface area contributed by atoms with E-state index in [1.54, 1.807) is 12.1 Å². The molecule has 0 aliphatic heterocycles. The summed E-state index contributed by atoms with van der Waals surface area (Å²) in [5.41, 5.74) is 0. The van der Waals surface area contributed by atoms with Gasteiger partial charge in [-0.05, 0) is 0 Å². The van der Waals surface area contributed by atoms with Crippen LogP contribution in [0.15, 0.2) is 24.3 Å². The van der Waals surface area contributed by atoms with Crippen LogP contribution in [0.25, 0.3) is 0 Å². The van der Waals surface area contributed by atoms with Gasteiger partial charge >= 0.3 is 64.8 Å². The molecule has 0 saturated heterocycles. The van der Waals surface area contributed by atoms with Gasteiger partial charge in [-0.1, -0.05) is 0 Å². The predicted octanol–water partition coefficient (Wildman–Crippen LogP) is 0.770. The molecule has 1 N–H and O–H groups in total. The molecule has 1 rings (SSSR count). The Bertz CT molecular complexity index is 181. The van der Waals surface area contributed by atoms with E-state index >= 15 is 0 Å². The molecule has 2 radical (unpaired) electrons. The number of hydrogen-bond acceptors (Lipinski definition) is 1. The van der Waals surface area contributed by atoms with Crippen molar-refractivity contribution in [2.75, 3.05) is 0 Å². The fourth-order valence-corrected chi connectivity index (χ4v) is 2.06. The third-order valence-corrected chi connectivity index (χ3v) is 3.76. The molecule has 46 valence electrons. The van der Waals surface area contributed by atoms with Crippen molar-refractivity contribution in [3.05, 3.63) is 24.3 Å². The Labute approximate surface area is 64.9 Å². The molecule has 0 saturated carbocycles. The quantitative estimate of drug-likeness (QED) is 0.702. The van der Waals surface area contributed by atoms with Gasteiger partial charge in [0.05, 0.1) is 0 Å².